The topological polar surface area (TPSA) is 30.7 Å². The van der Waals surface area contributed by atoms with Crippen LogP contribution in [-0.4, -0.2) is 32.4 Å². The van der Waals surface area contributed by atoms with E-state index in [4.69, 9.17) is 11.6 Å². The number of rotatable bonds is 6. The fourth-order valence-electron chi connectivity index (χ4n) is 2.26. The van der Waals surface area contributed by atoms with Gasteiger partial charge in [0.05, 0.1) is 0 Å². The maximum absolute atomic E-state index is 5.90. The lowest BCUT2D eigenvalue weighted by Gasteiger charge is -2.16. The monoisotopic (exact) mass is 297 g/mol. The summed E-state index contributed by atoms with van der Waals surface area (Å²) in [6.07, 6.45) is 4.05. The molecule has 2 aromatic heterocycles. The highest BCUT2D eigenvalue weighted by molar-refractivity contribution is 7.98. The Labute approximate surface area is 123 Å². The van der Waals surface area contributed by atoms with Crippen molar-refractivity contribution in [3.8, 4) is 0 Å². The molecule has 0 aliphatic rings. The molecule has 0 fully saturated rings. The first-order valence-corrected chi connectivity index (χ1v) is 8.49. The van der Waals surface area contributed by atoms with E-state index in [-0.39, 0.29) is 0 Å². The second-order valence-electron chi connectivity index (χ2n) is 4.76. The molecule has 0 aliphatic carbocycles. The zero-order valence-corrected chi connectivity index (χ0v) is 13.3. The molecular weight excluding hydrogens is 278 g/mol. The molecule has 0 N–H and O–H groups in total. The SMILES string of the molecule is CSCCC(C)n1c(CCCl)nc2ccc(C)nc21. The van der Waals surface area contributed by atoms with E-state index in [0.717, 1.165) is 41.3 Å². The number of hydrogen-bond acceptors (Lipinski definition) is 3. The van der Waals surface area contributed by atoms with Crippen LogP contribution in [0.25, 0.3) is 11.2 Å². The molecule has 0 bridgehead atoms. The molecule has 1 atom stereocenters. The highest BCUT2D eigenvalue weighted by atomic mass is 35.5. The van der Waals surface area contributed by atoms with Gasteiger partial charge in [-0.1, -0.05) is 0 Å². The fourth-order valence-corrected chi connectivity index (χ4v) is 3.00. The summed E-state index contributed by atoms with van der Waals surface area (Å²) in [7, 11) is 0. The minimum atomic E-state index is 0.407. The Morgan fingerprint density at radius 3 is 2.84 bits per heavy atom. The number of thioether (sulfide) groups is 1. The largest absolute Gasteiger partial charge is 0.310 e. The highest BCUT2D eigenvalue weighted by Gasteiger charge is 2.16. The number of nitrogens with zero attached hydrogens (tertiary/aromatic N) is 3. The molecule has 0 aliphatic heterocycles. The van der Waals surface area contributed by atoms with Gasteiger partial charge in [-0.25, -0.2) is 9.97 Å². The number of alkyl halides is 1. The van der Waals surface area contributed by atoms with Crippen LogP contribution < -0.4 is 0 Å². The van der Waals surface area contributed by atoms with Crippen molar-refractivity contribution in [1.29, 1.82) is 0 Å². The third kappa shape index (κ3) is 3.23. The third-order valence-electron chi connectivity index (χ3n) is 3.25. The average molecular weight is 298 g/mol. The molecule has 1 unspecified atom stereocenters. The van der Waals surface area contributed by atoms with Gasteiger partial charge in [-0.3, -0.25) is 0 Å². The van der Waals surface area contributed by atoms with Crippen molar-refractivity contribution in [2.75, 3.05) is 17.9 Å². The average Bonchev–Trinajstić information content (AvgIpc) is 2.73. The number of aromatic nitrogens is 3. The molecule has 0 saturated carbocycles. The van der Waals surface area contributed by atoms with Gasteiger partial charge in [0.2, 0.25) is 0 Å². The molecule has 2 aromatic rings. The summed E-state index contributed by atoms with van der Waals surface area (Å²) in [4.78, 5) is 9.34. The molecule has 0 radical (unpaired) electrons. The fraction of sp³-hybridized carbons (Fsp3) is 0.571. The molecule has 104 valence electrons. The standard InChI is InChI=1S/C14H20ClN3S/c1-10-4-5-12-14(16-10)18(11(2)7-9-19-3)13(17-12)6-8-15/h4-5,11H,6-9H2,1-3H3. The van der Waals surface area contributed by atoms with Crippen LogP contribution in [-0.2, 0) is 6.42 Å². The van der Waals surface area contributed by atoms with Crippen molar-refractivity contribution in [1.82, 2.24) is 14.5 Å². The number of halogens is 1. The van der Waals surface area contributed by atoms with Gasteiger partial charge in [0.25, 0.3) is 0 Å². The van der Waals surface area contributed by atoms with E-state index in [9.17, 15) is 0 Å². The summed E-state index contributed by atoms with van der Waals surface area (Å²) in [5, 5.41) is 0. The second kappa shape index (κ2) is 6.62. The highest BCUT2D eigenvalue weighted by Crippen LogP contribution is 2.23. The Bertz CT molecular complexity index is 553. The number of imidazole rings is 1. The minimum Gasteiger partial charge on any atom is -0.310 e. The van der Waals surface area contributed by atoms with E-state index in [2.05, 4.69) is 27.7 Å². The number of pyridine rings is 1. The van der Waals surface area contributed by atoms with Crippen molar-refractivity contribution >= 4 is 34.5 Å². The Kier molecular flexibility index (Phi) is 5.11. The molecule has 0 saturated heterocycles. The van der Waals surface area contributed by atoms with Crippen LogP contribution in [0.3, 0.4) is 0 Å². The van der Waals surface area contributed by atoms with Gasteiger partial charge in [0.1, 0.15) is 11.3 Å². The van der Waals surface area contributed by atoms with Crippen LogP contribution in [0.4, 0.5) is 0 Å². The Balaban J connectivity index is 2.46. The molecule has 0 spiro atoms. The molecular formula is C14H20ClN3S. The first-order valence-electron chi connectivity index (χ1n) is 6.56. The third-order valence-corrected chi connectivity index (χ3v) is 4.08. The Hall–Kier alpha value is -0.740. The molecule has 0 amide bonds. The molecule has 5 heteroatoms. The van der Waals surface area contributed by atoms with E-state index in [1.165, 1.54) is 0 Å². The van der Waals surface area contributed by atoms with Gasteiger partial charge in [0.15, 0.2) is 5.65 Å². The van der Waals surface area contributed by atoms with Gasteiger partial charge >= 0.3 is 0 Å². The molecule has 2 rings (SSSR count). The minimum absolute atomic E-state index is 0.407. The van der Waals surface area contributed by atoms with Crippen LogP contribution in [0, 0.1) is 6.92 Å². The Morgan fingerprint density at radius 2 is 2.16 bits per heavy atom. The Morgan fingerprint density at radius 1 is 1.37 bits per heavy atom. The lowest BCUT2D eigenvalue weighted by atomic mass is 10.2. The van der Waals surface area contributed by atoms with Crippen molar-refractivity contribution in [3.63, 3.8) is 0 Å². The normalized spacial score (nSPS) is 13.1. The first-order chi connectivity index (χ1) is 9.17. The molecule has 0 aromatic carbocycles. The van der Waals surface area contributed by atoms with Crippen LogP contribution in [0.5, 0.6) is 0 Å². The summed E-state index contributed by atoms with van der Waals surface area (Å²) in [6, 6.07) is 4.47. The van der Waals surface area contributed by atoms with Crippen molar-refractivity contribution in [3.05, 3.63) is 23.7 Å². The predicted molar refractivity (Wildman–Crippen MR) is 84.4 cm³/mol. The summed E-state index contributed by atoms with van der Waals surface area (Å²) in [5.74, 6) is 2.79. The maximum atomic E-state index is 5.90. The summed E-state index contributed by atoms with van der Waals surface area (Å²) < 4.78 is 2.26. The van der Waals surface area contributed by atoms with Crippen LogP contribution in [0.15, 0.2) is 12.1 Å². The van der Waals surface area contributed by atoms with E-state index in [0.29, 0.717) is 11.9 Å². The van der Waals surface area contributed by atoms with Gasteiger partial charge < -0.3 is 4.57 Å². The quantitative estimate of drug-likeness (QED) is 0.759. The molecule has 2 heterocycles. The van der Waals surface area contributed by atoms with Crippen LogP contribution in [0.2, 0.25) is 0 Å². The van der Waals surface area contributed by atoms with Gasteiger partial charge in [0, 0.05) is 24.0 Å². The van der Waals surface area contributed by atoms with Gasteiger partial charge in [-0.2, -0.15) is 11.8 Å². The van der Waals surface area contributed by atoms with Gasteiger partial charge in [-0.15, -0.1) is 11.6 Å². The summed E-state index contributed by atoms with van der Waals surface area (Å²) in [5.41, 5.74) is 3.00. The van der Waals surface area contributed by atoms with Crippen molar-refractivity contribution in [2.45, 2.75) is 32.7 Å². The van der Waals surface area contributed by atoms with Crippen molar-refractivity contribution < 1.29 is 0 Å². The van der Waals surface area contributed by atoms with Crippen molar-refractivity contribution in [2.24, 2.45) is 0 Å². The zero-order chi connectivity index (χ0) is 13.8. The lowest BCUT2D eigenvalue weighted by molar-refractivity contribution is 0.525. The van der Waals surface area contributed by atoms with E-state index >= 15 is 0 Å². The molecule has 19 heavy (non-hydrogen) atoms. The number of hydrogen-bond donors (Lipinski definition) is 0. The summed E-state index contributed by atoms with van der Waals surface area (Å²) in [6.45, 7) is 4.25. The number of aryl methyl sites for hydroxylation is 2. The predicted octanol–water partition coefficient (Wildman–Crippen LogP) is 3.84. The van der Waals surface area contributed by atoms with E-state index < -0.39 is 0 Å². The lowest BCUT2D eigenvalue weighted by Crippen LogP contribution is -2.11. The van der Waals surface area contributed by atoms with Crippen LogP contribution >= 0.6 is 23.4 Å². The van der Waals surface area contributed by atoms with E-state index in [1.54, 1.807) is 0 Å². The van der Waals surface area contributed by atoms with E-state index in [1.807, 2.05) is 30.8 Å². The second-order valence-corrected chi connectivity index (χ2v) is 6.13. The zero-order valence-electron chi connectivity index (χ0n) is 11.7. The first kappa shape index (κ1) is 14.7. The maximum Gasteiger partial charge on any atom is 0.160 e. The van der Waals surface area contributed by atoms with Crippen LogP contribution in [0.1, 0.15) is 30.9 Å². The number of fused-ring (bicyclic) bond motifs is 1. The molecule has 3 nitrogen and oxygen atoms in total. The summed E-state index contributed by atoms with van der Waals surface area (Å²) >= 11 is 7.77. The smallest absolute Gasteiger partial charge is 0.160 e. The van der Waals surface area contributed by atoms with Gasteiger partial charge in [-0.05, 0) is 44.4 Å².